The van der Waals surface area contributed by atoms with Crippen LogP contribution in [0.15, 0.2) is 41.1 Å². The minimum absolute atomic E-state index is 0.182. The van der Waals surface area contributed by atoms with Crippen LogP contribution in [0, 0.1) is 0 Å². The van der Waals surface area contributed by atoms with Gasteiger partial charge in [0.2, 0.25) is 0 Å². The van der Waals surface area contributed by atoms with Crippen LogP contribution in [-0.2, 0) is 6.54 Å². The van der Waals surface area contributed by atoms with Crippen LogP contribution in [0.5, 0.6) is 5.75 Å². The van der Waals surface area contributed by atoms with E-state index in [2.05, 4.69) is 10.6 Å². The summed E-state index contributed by atoms with van der Waals surface area (Å²) >= 11 is 1.51. The Morgan fingerprint density at radius 3 is 2.95 bits per heavy atom. The lowest BCUT2D eigenvalue weighted by atomic mass is 10.2. The van der Waals surface area contributed by atoms with E-state index < -0.39 is 6.10 Å². The Bertz CT molecular complexity index is 587. The number of nitrogens with one attached hydrogen (secondary N) is 2. The van der Waals surface area contributed by atoms with Crippen molar-refractivity contribution in [3.63, 3.8) is 0 Å². The Morgan fingerprint density at radius 1 is 1.36 bits per heavy atom. The summed E-state index contributed by atoms with van der Waals surface area (Å²) in [6.07, 6.45) is -0.682. The van der Waals surface area contributed by atoms with Crippen LogP contribution < -0.4 is 15.4 Å². The van der Waals surface area contributed by atoms with E-state index >= 15 is 0 Å². The molecular formula is C16H20N2O3S. The Hall–Kier alpha value is -2.05. The number of aliphatic hydroxyl groups is 1. The molecular weight excluding hydrogens is 300 g/mol. The van der Waals surface area contributed by atoms with Gasteiger partial charge in [-0.15, -0.1) is 0 Å². The number of carbonyl (C=O) groups is 1. The highest BCUT2D eigenvalue weighted by atomic mass is 32.1. The molecule has 2 aromatic rings. The molecule has 0 aliphatic rings. The first-order valence-electron chi connectivity index (χ1n) is 7.12. The summed E-state index contributed by atoms with van der Waals surface area (Å²) in [6, 6.07) is 9.11. The van der Waals surface area contributed by atoms with E-state index in [4.69, 9.17) is 4.74 Å². The molecule has 5 nitrogen and oxygen atoms in total. The Labute approximate surface area is 133 Å². The zero-order chi connectivity index (χ0) is 15.8. The molecule has 0 saturated carbocycles. The summed E-state index contributed by atoms with van der Waals surface area (Å²) in [5.74, 6) is 0.787. The van der Waals surface area contributed by atoms with Gasteiger partial charge in [-0.3, -0.25) is 0 Å². The van der Waals surface area contributed by atoms with Crippen molar-refractivity contribution < 1.29 is 14.6 Å². The van der Waals surface area contributed by atoms with E-state index in [1.807, 2.05) is 48.0 Å². The number of thiophene rings is 1. The highest BCUT2D eigenvalue weighted by Crippen LogP contribution is 2.15. The van der Waals surface area contributed by atoms with Crippen LogP contribution in [-0.4, -0.2) is 24.3 Å². The topological polar surface area (TPSA) is 70.6 Å². The molecule has 0 aliphatic carbocycles. The van der Waals surface area contributed by atoms with Crippen LogP contribution in [0.4, 0.5) is 4.79 Å². The van der Waals surface area contributed by atoms with E-state index in [9.17, 15) is 9.90 Å². The van der Waals surface area contributed by atoms with E-state index in [-0.39, 0.29) is 12.6 Å². The molecule has 1 aromatic heterocycles. The molecule has 0 fully saturated rings. The first-order valence-corrected chi connectivity index (χ1v) is 8.07. The molecule has 1 aromatic carbocycles. The number of benzene rings is 1. The van der Waals surface area contributed by atoms with Crippen LogP contribution in [0.3, 0.4) is 0 Å². The van der Waals surface area contributed by atoms with Gasteiger partial charge in [0.25, 0.3) is 0 Å². The summed E-state index contributed by atoms with van der Waals surface area (Å²) in [6.45, 7) is 3.12. The number of aliphatic hydroxyl groups excluding tert-OH is 1. The van der Waals surface area contributed by atoms with Gasteiger partial charge in [-0.05, 0) is 47.0 Å². The third-order valence-corrected chi connectivity index (χ3v) is 3.75. The molecule has 22 heavy (non-hydrogen) atoms. The first-order chi connectivity index (χ1) is 10.7. The van der Waals surface area contributed by atoms with Gasteiger partial charge < -0.3 is 20.5 Å². The smallest absolute Gasteiger partial charge is 0.315 e. The van der Waals surface area contributed by atoms with Crippen molar-refractivity contribution in [1.82, 2.24) is 10.6 Å². The van der Waals surface area contributed by atoms with Crippen LogP contribution >= 0.6 is 11.3 Å². The monoisotopic (exact) mass is 320 g/mol. The average molecular weight is 320 g/mol. The van der Waals surface area contributed by atoms with Crippen molar-refractivity contribution in [2.75, 3.05) is 13.2 Å². The van der Waals surface area contributed by atoms with Crippen molar-refractivity contribution in [2.24, 2.45) is 0 Å². The normalized spacial score (nSPS) is 11.7. The van der Waals surface area contributed by atoms with Gasteiger partial charge in [-0.25, -0.2) is 4.79 Å². The molecule has 0 aliphatic heterocycles. The molecule has 0 saturated heterocycles. The molecule has 6 heteroatoms. The fraction of sp³-hybridized carbons (Fsp3) is 0.312. The van der Waals surface area contributed by atoms with Crippen molar-refractivity contribution in [2.45, 2.75) is 19.6 Å². The maximum Gasteiger partial charge on any atom is 0.315 e. The predicted octanol–water partition coefficient (Wildman–Crippen LogP) is 2.68. The zero-order valence-electron chi connectivity index (χ0n) is 12.4. The van der Waals surface area contributed by atoms with Crippen molar-refractivity contribution in [3.8, 4) is 5.75 Å². The van der Waals surface area contributed by atoms with Crippen molar-refractivity contribution in [1.29, 1.82) is 0 Å². The van der Waals surface area contributed by atoms with E-state index in [1.165, 1.54) is 11.3 Å². The molecule has 118 valence electrons. The fourth-order valence-electron chi connectivity index (χ4n) is 1.93. The minimum atomic E-state index is -0.682. The highest BCUT2D eigenvalue weighted by Gasteiger charge is 2.09. The predicted molar refractivity (Wildman–Crippen MR) is 87.1 cm³/mol. The van der Waals surface area contributed by atoms with Gasteiger partial charge in [0.05, 0.1) is 12.7 Å². The number of hydrogen-bond acceptors (Lipinski definition) is 4. The van der Waals surface area contributed by atoms with Crippen LogP contribution in [0.2, 0.25) is 0 Å². The molecule has 1 heterocycles. The summed E-state index contributed by atoms with van der Waals surface area (Å²) in [5.41, 5.74) is 1.77. The third kappa shape index (κ3) is 5.05. The Balaban J connectivity index is 1.74. The molecule has 1 atom stereocenters. The standard InChI is InChI=1S/C16H20N2O3S/c1-2-21-14-5-3-4-12(8-14)9-17-16(20)18-10-15(19)13-6-7-22-11-13/h3-8,11,15,19H,2,9-10H2,1H3,(H2,17,18,20). The van der Waals surface area contributed by atoms with Gasteiger partial charge in [0.1, 0.15) is 5.75 Å². The number of rotatable bonds is 7. The molecule has 1 unspecified atom stereocenters. The molecule has 2 amide bonds. The highest BCUT2D eigenvalue weighted by molar-refractivity contribution is 7.07. The summed E-state index contributed by atoms with van der Waals surface area (Å²) in [4.78, 5) is 11.7. The molecule has 2 rings (SSSR count). The zero-order valence-corrected chi connectivity index (χ0v) is 13.2. The maximum atomic E-state index is 11.7. The van der Waals surface area contributed by atoms with Crippen molar-refractivity contribution in [3.05, 3.63) is 52.2 Å². The van der Waals surface area contributed by atoms with Gasteiger partial charge in [-0.1, -0.05) is 12.1 Å². The van der Waals surface area contributed by atoms with Gasteiger partial charge in [-0.2, -0.15) is 11.3 Å². The molecule has 0 radical (unpaired) electrons. The Morgan fingerprint density at radius 2 is 2.23 bits per heavy atom. The maximum absolute atomic E-state index is 11.7. The summed E-state index contributed by atoms with van der Waals surface area (Å²) < 4.78 is 5.41. The van der Waals surface area contributed by atoms with Crippen LogP contribution in [0.1, 0.15) is 24.2 Å². The lowest BCUT2D eigenvalue weighted by molar-refractivity contribution is 0.173. The fourth-order valence-corrected chi connectivity index (χ4v) is 2.64. The number of hydrogen-bond donors (Lipinski definition) is 3. The van der Waals surface area contributed by atoms with E-state index in [0.717, 1.165) is 16.9 Å². The number of amides is 2. The van der Waals surface area contributed by atoms with Crippen molar-refractivity contribution >= 4 is 17.4 Å². The summed E-state index contributed by atoms with van der Waals surface area (Å²) in [7, 11) is 0. The lowest BCUT2D eigenvalue weighted by Gasteiger charge is -2.12. The second kappa shape index (κ2) is 8.41. The first kappa shape index (κ1) is 16.3. The average Bonchev–Trinajstić information content (AvgIpc) is 3.06. The summed E-state index contributed by atoms with van der Waals surface area (Å²) in [5, 5.41) is 19.1. The second-order valence-corrected chi connectivity index (χ2v) is 5.50. The number of carbonyl (C=O) groups excluding carboxylic acids is 1. The Kier molecular flexibility index (Phi) is 6.24. The van der Waals surface area contributed by atoms with Gasteiger partial charge in [0, 0.05) is 13.1 Å². The minimum Gasteiger partial charge on any atom is -0.494 e. The van der Waals surface area contributed by atoms with E-state index in [0.29, 0.717) is 13.2 Å². The molecule has 0 bridgehead atoms. The SMILES string of the molecule is CCOc1cccc(CNC(=O)NCC(O)c2ccsc2)c1. The van der Waals surface area contributed by atoms with Gasteiger partial charge >= 0.3 is 6.03 Å². The third-order valence-electron chi connectivity index (χ3n) is 3.05. The number of ether oxygens (including phenoxy) is 1. The molecule has 0 spiro atoms. The van der Waals surface area contributed by atoms with Crippen LogP contribution in [0.25, 0.3) is 0 Å². The van der Waals surface area contributed by atoms with Gasteiger partial charge in [0.15, 0.2) is 0 Å². The van der Waals surface area contributed by atoms with E-state index in [1.54, 1.807) is 0 Å². The quantitative estimate of drug-likeness (QED) is 0.734. The molecule has 3 N–H and O–H groups in total. The number of urea groups is 1. The largest absolute Gasteiger partial charge is 0.494 e. The second-order valence-electron chi connectivity index (χ2n) is 4.72. The lowest BCUT2D eigenvalue weighted by Crippen LogP contribution is -2.37.